The number of nitrogens with zero attached hydrogens (tertiary/aromatic N) is 1. The van der Waals surface area contributed by atoms with Gasteiger partial charge < -0.3 is 15.2 Å². The zero-order chi connectivity index (χ0) is 14.4. The maximum atomic E-state index is 11.4. The lowest BCUT2D eigenvalue weighted by molar-refractivity contribution is -0.153. The third-order valence-electron chi connectivity index (χ3n) is 2.37. The van der Waals surface area contributed by atoms with Crippen LogP contribution < -0.4 is 9.62 Å². The number of rotatable bonds is 4. The van der Waals surface area contributed by atoms with Gasteiger partial charge in [0.1, 0.15) is 0 Å². The number of carbonyl (C=O) groups excluding carboxylic acids is 2. The van der Waals surface area contributed by atoms with Crippen molar-refractivity contribution in [1.82, 2.24) is 5.32 Å². The first-order chi connectivity index (χ1) is 9.01. The van der Waals surface area contributed by atoms with Crippen molar-refractivity contribution >= 4 is 30.5 Å². The van der Waals surface area contributed by atoms with Gasteiger partial charge in [0.15, 0.2) is 6.10 Å². The third-order valence-corrected chi connectivity index (χ3v) is 2.78. The number of anilines is 1. The number of esters is 1. The molecule has 0 radical (unpaired) electrons. The molecule has 0 bridgehead atoms. The summed E-state index contributed by atoms with van der Waals surface area (Å²) in [4.78, 5) is 22.7. The fourth-order valence-corrected chi connectivity index (χ4v) is 1.61. The van der Waals surface area contributed by atoms with Gasteiger partial charge in [0, 0.05) is 7.05 Å². The van der Waals surface area contributed by atoms with Crippen LogP contribution in [0.15, 0.2) is 24.3 Å². The monoisotopic (exact) mass is 284 g/mol. The molecule has 0 aromatic heterocycles. The molecule has 0 fully saturated rings. The number of amides is 2. The van der Waals surface area contributed by atoms with Gasteiger partial charge in [0.2, 0.25) is 0 Å². The molecule has 1 aromatic rings. The minimum absolute atomic E-state index is 0.203. The lowest BCUT2D eigenvalue weighted by Gasteiger charge is -2.16. The predicted molar refractivity (Wildman–Crippen MR) is 74.0 cm³/mol. The van der Waals surface area contributed by atoms with E-state index in [0.29, 0.717) is 11.3 Å². The van der Waals surface area contributed by atoms with Crippen molar-refractivity contribution in [3.63, 3.8) is 0 Å². The Morgan fingerprint density at radius 2 is 2.00 bits per heavy atom. The Morgan fingerprint density at radius 1 is 1.42 bits per heavy atom. The van der Waals surface area contributed by atoms with Crippen molar-refractivity contribution in [2.24, 2.45) is 0 Å². The average Bonchev–Trinajstić information content (AvgIpc) is 2.45. The van der Waals surface area contributed by atoms with Crippen LogP contribution in [0.1, 0.15) is 18.6 Å². The summed E-state index contributed by atoms with van der Waals surface area (Å²) in [6, 6.07) is 5.81. The number of nitrogens with one attached hydrogen (secondary N) is 1. The summed E-state index contributed by atoms with van der Waals surface area (Å²) in [6.45, 7) is 1.87. The van der Waals surface area contributed by atoms with E-state index in [1.165, 1.54) is 19.2 Å². The lowest BCUT2D eigenvalue weighted by atomic mass is 10.1. The Balaban J connectivity index is 2.81. The molecule has 1 unspecified atom stereocenters. The van der Waals surface area contributed by atoms with E-state index in [9.17, 15) is 14.7 Å². The zero-order valence-corrected chi connectivity index (χ0v) is 11.6. The molecular weight excluding hydrogens is 268 g/mol. The normalized spacial score (nSPS) is 11.6. The molecule has 1 rings (SSSR count). The van der Waals surface area contributed by atoms with Gasteiger partial charge in [-0.25, -0.2) is 13.9 Å². The Kier molecular flexibility index (Phi) is 5.65. The first-order valence-electron chi connectivity index (χ1n) is 5.66. The SMILES string of the molecule is CCOC(=O)C(O)c1ccc(N(S)C(=O)NC)cc1. The molecule has 6 nitrogen and oxygen atoms in total. The Bertz CT molecular complexity index is 450. The van der Waals surface area contributed by atoms with E-state index in [2.05, 4.69) is 18.1 Å². The fourth-order valence-electron chi connectivity index (χ4n) is 1.38. The predicted octanol–water partition coefficient (Wildman–Crippen LogP) is 1.27. The fraction of sp³-hybridized carbons (Fsp3) is 0.333. The van der Waals surface area contributed by atoms with Crippen molar-refractivity contribution in [1.29, 1.82) is 0 Å². The molecule has 0 aliphatic heterocycles. The van der Waals surface area contributed by atoms with E-state index in [0.717, 1.165) is 4.31 Å². The van der Waals surface area contributed by atoms with E-state index in [1.54, 1.807) is 19.1 Å². The highest BCUT2D eigenvalue weighted by atomic mass is 32.1. The number of benzene rings is 1. The second kappa shape index (κ2) is 7.01. The van der Waals surface area contributed by atoms with Crippen LogP contribution in [0.5, 0.6) is 0 Å². The van der Waals surface area contributed by atoms with Crippen molar-refractivity contribution < 1.29 is 19.4 Å². The van der Waals surface area contributed by atoms with E-state index in [4.69, 9.17) is 4.74 Å². The molecule has 0 saturated heterocycles. The van der Waals surface area contributed by atoms with Gasteiger partial charge in [0.25, 0.3) is 0 Å². The second-order valence-electron chi connectivity index (χ2n) is 3.61. The lowest BCUT2D eigenvalue weighted by Crippen LogP contribution is -2.30. The quantitative estimate of drug-likeness (QED) is 0.575. The van der Waals surface area contributed by atoms with Gasteiger partial charge in [-0.2, -0.15) is 0 Å². The smallest absolute Gasteiger partial charge is 0.339 e. The van der Waals surface area contributed by atoms with Crippen LogP contribution in [0, 0.1) is 0 Å². The molecule has 2 amide bonds. The number of hydrogen-bond donors (Lipinski definition) is 3. The maximum Gasteiger partial charge on any atom is 0.339 e. The van der Waals surface area contributed by atoms with Gasteiger partial charge in [-0.15, -0.1) is 0 Å². The average molecular weight is 284 g/mol. The van der Waals surface area contributed by atoms with E-state index in [1.807, 2.05) is 0 Å². The van der Waals surface area contributed by atoms with Crippen LogP contribution in [-0.2, 0) is 9.53 Å². The highest BCUT2D eigenvalue weighted by molar-refractivity contribution is 7.82. The van der Waals surface area contributed by atoms with Crippen molar-refractivity contribution in [2.75, 3.05) is 18.0 Å². The number of hydrogen-bond acceptors (Lipinski definition) is 5. The molecule has 0 spiro atoms. The molecule has 0 saturated carbocycles. The first-order valence-corrected chi connectivity index (χ1v) is 6.06. The molecular formula is C12H16N2O4S. The topological polar surface area (TPSA) is 78.9 Å². The zero-order valence-electron chi connectivity index (χ0n) is 10.7. The summed E-state index contributed by atoms with van der Waals surface area (Å²) in [7, 11) is 1.49. The van der Waals surface area contributed by atoms with Gasteiger partial charge in [-0.1, -0.05) is 24.9 Å². The van der Waals surface area contributed by atoms with Gasteiger partial charge in [0.05, 0.1) is 12.3 Å². The van der Waals surface area contributed by atoms with E-state index < -0.39 is 12.1 Å². The van der Waals surface area contributed by atoms with E-state index >= 15 is 0 Å². The van der Waals surface area contributed by atoms with Crippen LogP contribution in [0.2, 0.25) is 0 Å². The number of aliphatic hydroxyl groups excluding tert-OH is 1. The number of urea groups is 1. The third kappa shape index (κ3) is 3.87. The van der Waals surface area contributed by atoms with Crippen molar-refractivity contribution in [3.05, 3.63) is 29.8 Å². The summed E-state index contributed by atoms with van der Waals surface area (Å²) >= 11 is 4.02. The molecule has 0 aliphatic rings. The summed E-state index contributed by atoms with van der Waals surface area (Å²) in [5, 5.41) is 12.1. The van der Waals surface area contributed by atoms with Crippen molar-refractivity contribution in [2.45, 2.75) is 13.0 Å². The van der Waals surface area contributed by atoms with Gasteiger partial charge >= 0.3 is 12.0 Å². The molecule has 2 N–H and O–H groups in total. The van der Waals surface area contributed by atoms with Crippen LogP contribution in [0.25, 0.3) is 0 Å². The molecule has 19 heavy (non-hydrogen) atoms. The molecule has 7 heteroatoms. The number of carbonyl (C=O) groups is 2. The Morgan fingerprint density at radius 3 is 2.47 bits per heavy atom. The van der Waals surface area contributed by atoms with E-state index in [-0.39, 0.29) is 12.6 Å². The Hall–Kier alpha value is -1.73. The van der Waals surface area contributed by atoms with Gasteiger partial charge in [-0.05, 0) is 24.6 Å². The summed E-state index contributed by atoms with van der Waals surface area (Å²) in [5.74, 6) is -0.704. The standard InChI is InChI=1S/C12H16N2O4S/c1-3-18-11(16)10(15)8-4-6-9(7-5-8)14(19)12(17)13-2/h4-7,10,15,19H,3H2,1-2H3,(H,13,17). The summed E-state index contributed by atoms with van der Waals surface area (Å²) in [6.07, 6.45) is -1.33. The minimum Gasteiger partial charge on any atom is -0.464 e. The number of aliphatic hydroxyl groups is 1. The molecule has 104 valence electrons. The minimum atomic E-state index is -1.33. The summed E-state index contributed by atoms with van der Waals surface area (Å²) < 4.78 is 5.82. The van der Waals surface area contributed by atoms with Crippen LogP contribution in [0.3, 0.4) is 0 Å². The molecule has 1 aromatic carbocycles. The number of ether oxygens (including phenoxy) is 1. The number of thiol groups is 1. The highest BCUT2D eigenvalue weighted by Crippen LogP contribution is 2.21. The second-order valence-corrected chi connectivity index (χ2v) is 4.01. The van der Waals surface area contributed by atoms with Gasteiger partial charge in [-0.3, -0.25) is 0 Å². The largest absolute Gasteiger partial charge is 0.464 e. The van der Waals surface area contributed by atoms with Crippen LogP contribution in [0.4, 0.5) is 10.5 Å². The Labute approximate surface area is 116 Å². The van der Waals surface area contributed by atoms with Crippen LogP contribution in [-0.4, -0.2) is 30.8 Å². The maximum absolute atomic E-state index is 11.4. The van der Waals surface area contributed by atoms with Crippen molar-refractivity contribution in [3.8, 4) is 0 Å². The molecule has 0 heterocycles. The van der Waals surface area contributed by atoms with Crippen LogP contribution >= 0.6 is 12.8 Å². The first kappa shape index (κ1) is 15.3. The summed E-state index contributed by atoms with van der Waals surface area (Å²) in [5.41, 5.74) is 0.906. The molecule has 0 aliphatic carbocycles. The highest BCUT2D eigenvalue weighted by Gasteiger charge is 2.19. The molecule has 1 atom stereocenters.